The van der Waals surface area contributed by atoms with Gasteiger partial charge in [-0.3, -0.25) is 4.79 Å². The number of aliphatic hydroxyl groups is 1. The van der Waals surface area contributed by atoms with Gasteiger partial charge in [0, 0.05) is 25.0 Å². The van der Waals surface area contributed by atoms with Crippen LogP contribution in [0.1, 0.15) is 19.3 Å². The first-order valence-corrected chi connectivity index (χ1v) is 6.36. The van der Waals surface area contributed by atoms with Crippen LogP contribution in [0.4, 0.5) is 0 Å². The minimum absolute atomic E-state index is 0.116. The zero-order valence-electron chi connectivity index (χ0n) is 10.7. The molecule has 1 aliphatic carbocycles. The van der Waals surface area contributed by atoms with Crippen LogP contribution in [-0.2, 0) is 4.79 Å². The number of rotatable bonds is 3. The molecule has 0 aromatic carbocycles. The summed E-state index contributed by atoms with van der Waals surface area (Å²) in [5, 5.41) is 9.75. The number of allylic oxidation sites excluding steroid dienone is 2. The second-order valence-electron chi connectivity index (χ2n) is 5.44. The van der Waals surface area contributed by atoms with Crippen molar-refractivity contribution in [2.75, 3.05) is 27.2 Å². The highest BCUT2D eigenvalue weighted by molar-refractivity contribution is 5.80. The van der Waals surface area contributed by atoms with Gasteiger partial charge in [-0.2, -0.15) is 0 Å². The fraction of sp³-hybridized carbons (Fsp3) is 0.769. The molecule has 0 spiro atoms. The molecule has 2 unspecified atom stereocenters. The standard InChI is InChI=1S/C13H22N2O2/c1-14(2)8-11-7-12(16)9-15(11)13(17)10-5-3-4-6-10/h3-4,10-12,16H,5-9H2,1-2H3. The van der Waals surface area contributed by atoms with Crippen LogP contribution in [0, 0.1) is 5.92 Å². The molecule has 96 valence electrons. The Balaban J connectivity index is 1.99. The van der Waals surface area contributed by atoms with Crippen molar-refractivity contribution in [3.05, 3.63) is 12.2 Å². The second kappa shape index (κ2) is 5.19. The zero-order chi connectivity index (χ0) is 12.4. The first-order valence-electron chi connectivity index (χ1n) is 6.36. The molecule has 0 radical (unpaired) electrons. The molecule has 1 amide bonds. The lowest BCUT2D eigenvalue weighted by Crippen LogP contribution is -2.43. The summed E-state index contributed by atoms with van der Waals surface area (Å²) in [6.45, 7) is 1.34. The quantitative estimate of drug-likeness (QED) is 0.727. The average Bonchev–Trinajstić information content (AvgIpc) is 2.85. The predicted molar refractivity (Wildman–Crippen MR) is 66.5 cm³/mol. The number of hydrogen-bond donors (Lipinski definition) is 1. The van der Waals surface area contributed by atoms with Gasteiger partial charge in [0.05, 0.1) is 6.10 Å². The molecule has 1 fully saturated rings. The Hall–Kier alpha value is -0.870. The Bertz CT molecular complexity index is 307. The number of aliphatic hydroxyl groups excluding tert-OH is 1. The summed E-state index contributed by atoms with van der Waals surface area (Å²) >= 11 is 0. The number of carbonyl (C=O) groups is 1. The van der Waals surface area contributed by atoms with Crippen LogP contribution >= 0.6 is 0 Å². The maximum absolute atomic E-state index is 12.3. The van der Waals surface area contributed by atoms with E-state index in [1.165, 1.54) is 0 Å². The third kappa shape index (κ3) is 2.87. The van der Waals surface area contributed by atoms with E-state index in [0.717, 1.165) is 19.4 Å². The van der Waals surface area contributed by atoms with Crippen molar-refractivity contribution < 1.29 is 9.90 Å². The Labute approximate surface area is 103 Å². The molecule has 4 heteroatoms. The lowest BCUT2D eigenvalue weighted by atomic mass is 10.1. The molecule has 0 bridgehead atoms. The van der Waals surface area contributed by atoms with Gasteiger partial charge in [0.25, 0.3) is 0 Å². The summed E-state index contributed by atoms with van der Waals surface area (Å²) in [6, 6.07) is 0.174. The van der Waals surface area contributed by atoms with Gasteiger partial charge in [0.2, 0.25) is 5.91 Å². The number of likely N-dealkylation sites (N-methyl/N-ethyl adjacent to an activating group) is 1. The van der Waals surface area contributed by atoms with Crippen LogP contribution in [0.3, 0.4) is 0 Å². The van der Waals surface area contributed by atoms with Gasteiger partial charge in [0.15, 0.2) is 0 Å². The van der Waals surface area contributed by atoms with Crippen molar-refractivity contribution >= 4 is 5.91 Å². The monoisotopic (exact) mass is 238 g/mol. The molecule has 1 N–H and O–H groups in total. The fourth-order valence-electron chi connectivity index (χ4n) is 2.81. The van der Waals surface area contributed by atoms with Gasteiger partial charge in [-0.1, -0.05) is 12.2 Å². The summed E-state index contributed by atoms with van der Waals surface area (Å²) < 4.78 is 0. The van der Waals surface area contributed by atoms with Gasteiger partial charge in [-0.05, 0) is 33.4 Å². The van der Waals surface area contributed by atoms with Crippen molar-refractivity contribution in [3.8, 4) is 0 Å². The van der Waals surface area contributed by atoms with Crippen molar-refractivity contribution in [3.63, 3.8) is 0 Å². The molecule has 0 saturated carbocycles. The van der Waals surface area contributed by atoms with E-state index in [4.69, 9.17) is 0 Å². The summed E-state index contributed by atoms with van der Waals surface area (Å²) in [5.74, 6) is 0.336. The SMILES string of the molecule is CN(C)CC1CC(O)CN1C(=O)C1CC=CC1. The van der Waals surface area contributed by atoms with E-state index in [1.807, 2.05) is 19.0 Å². The lowest BCUT2D eigenvalue weighted by molar-refractivity contribution is -0.136. The third-order valence-corrected chi connectivity index (χ3v) is 3.61. The molecular weight excluding hydrogens is 216 g/mol. The Kier molecular flexibility index (Phi) is 3.84. The topological polar surface area (TPSA) is 43.8 Å². The van der Waals surface area contributed by atoms with Gasteiger partial charge < -0.3 is 14.9 Å². The number of β-amino-alcohol motifs (C(OH)–C–C–N with tert-alkyl or cyclic N) is 1. The van der Waals surface area contributed by atoms with Gasteiger partial charge in [-0.25, -0.2) is 0 Å². The highest BCUT2D eigenvalue weighted by Gasteiger charge is 2.37. The fourth-order valence-corrected chi connectivity index (χ4v) is 2.81. The molecule has 0 aromatic heterocycles. The molecule has 1 saturated heterocycles. The van der Waals surface area contributed by atoms with Gasteiger partial charge in [0.1, 0.15) is 0 Å². The molecule has 1 aliphatic heterocycles. The molecule has 1 heterocycles. The van der Waals surface area contributed by atoms with Crippen LogP contribution in [0.2, 0.25) is 0 Å². The van der Waals surface area contributed by atoms with Crippen LogP contribution in [0.15, 0.2) is 12.2 Å². The molecule has 17 heavy (non-hydrogen) atoms. The number of amides is 1. The lowest BCUT2D eigenvalue weighted by Gasteiger charge is -2.29. The third-order valence-electron chi connectivity index (χ3n) is 3.61. The van der Waals surface area contributed by atoms with E-state index in [0.29, 0.717) is 13.0 Å². The molecular formula is C13H22N2O2. The minimum atomic E-state index is -0.349. The van der Waals surface area contributed by atoms with E-state index >= 15 is 0 Å². The van der Waals surface area contributed by atoms with E-state index in [2.05, 4.69) is 17.1 Å². The van der Waals surface area contributed by atoms with Crippen LogP contribution < -0.4 is 0 Å². The second-order valence-corrected chi connectivity index (χ2v) is 5.44. The Morgan fingerprint density at radius 2 is 2.06 bits per heavy atom. The van der Waals surface area contributed by atoms with Crippen LogP contribution in [0.25, 0.3) is 0 Å². The minimum Gasteiger partial charge on any atom is -0.391 e. The molecule has 0 aromatic rings. The normalized spacial score (nSPS) is 29.5. The first kappa shape index (κ1) is 12.6. The number of nitrogens with zero attached hydrogens (tertiary/aromatic N) is 2. The maximum Gasteiger partial charge on any atom is 0.226 e. The first-order chi connectivity index (χ1) is 8.08. The maximum atomic E-state index is 12.3. The zero-order valence-corrected chi connectivity index (χ0v) is 10.7. The average molecular weight is 238 g/mol. The van der Waals surface area contributed by atoms with Crippen LogP contribution in [-0.4, -0.2) is 60.1 Å². The molecule has 2 atom stereocenters. The van der Waals surface area contributed by atoms with E-state index in [1.54, 1.807) is 0 Å². The van der Waals surface area contributed by atoms with Crippen molar-refractivity contribution in [2.24, 2.45) is 5.92 Å². The number of hydrogen-bond acceptors (Lipinski definition) is 3. The van der Waals surface area contributed by atoms with Gasteiger partial charge in [-0.15, -0.1) is 0 Å². The van der Waals surface area contributed by atoms with E-state index in [9.17, 15) is 9.90 Å². The summed E-state index contributed by atoms with van der Waals surface area (Å²) in [5.41, 5.74) is 0. The Morgan fingerprint density at radius 1 is 1.41 bits per heavy atom. The Morgan fingerprint density at radius 3 is 2.65 bits per heavy atom. The molecule has 2 rings (SSSR count). The highest BCUT2D eigenvalue weighted by Crippen LogP contribution is 2.26. The summed E-state index contributed by atoms with van der Waals surface area (Å²) in [4.78, 5) is 16.3. The van der Waals surface area contributed by atoms with E-state index < -0.39 is 0 Å². The van der Waals surface area contributed by atoms with Crippen molar-refractivity contribution in [1.82, 2.24) is 9.80 Å². The van der Waals surface area contributed by atoms with Gasteiger partial charge >= 0.3 is 0 Å². The van der Waals surface area contributed by atoms with Crippen molar-refractivity contribution in [2.45, 2.75) is 31.4 Å². The highest BCUT2D eigenvalue weighted by atomic mass is 16.3. The molecule has 4 nitrogen and oxygen atoms in total. The van der Waals surface area contributed by atoms with E-state index in [-0.39, 0.29) is 24.0 Å². The largest absolute Gasteiger partial charge is 0.391 e. The summed E-state index contributed by atoms with van der Waals surface area (Å²) in [7, 11) is 4.01. The number of carbonyl (C=O) groups excluding carboxylic acids is 1. The van der Waals surface area contributed by atoms with Crippen molar-refractivity contribution in [1.29, 1.82) is 0 Å². The summed E-state index contributed by atoms with van der Waals surface area (Å²) in [6.07, 6.45) is 6.24. The predicted octanol–water partition coefficient (Wildman–Crippen LogP) is 0.476. The van der Waals surface area contributed by atoms with Crippen LogP contribution in [0.5, 0.6) is 0 Å². The number of likely N-dealkylation sites (tertiary alicyclic amines) is 1. The smallest absolute Gasteiger partial charge is 0.226 e. The molecule has 2 aliphatic rings.